The second kappa shape index (κ2) is 7.98. The molecule has 0 bridgehead atoms. The van der Waals surface area contributed by atoms with Crippen LogP contribution < -0.4 is 11.1 Å². The fourth-order valence-corrected chi connectivity index (χ4v) is 2.97. The Morgan fingerprint density at radius 3 is 2.62 bits per heavy atom. The van der Waals surface area contributed by atoms with Crippen molar-refractivity contribution in [3.63, 3.8) is 0 Å². The van der Waals surface area contributed by atoms with Crippen LogP contribution in [0.1, 0.15) is 36.8 Å². The molecular weight excluding hydrogens is 321 g/mol. The van der Waals surface area contributed by atoms with Gasteiger partial charge in [-0.3, -0.25) is 4.79 Å². The van der Waals surface area contributed by atoms with Crippen LogP contribution in [0.5, 0.6) is 0 Å². The van der Waals surface area contributed by atoms with E-state index in [1.165, 1.54) is 12.1 Å². The van der Waals surface area contributed by atoms with Crippen molar-refractivity contribution in [1.29, 1.82) is 0 Å². The summed E-state index contributed by atoms with van der Waals surface area (Å²) in [5.41, 5.74) is 4.79. The van der Waals surface area contributed by atoms with Crippen LogP contribution in [-0.2, 0) is 21.1 Å². The molecule has 0 aliphatic carbocycles. The number of amides is 1. The predicted molar refractivity (Wildman–Crippen MR) is 84.5 cm³/mol. The molecule has 1 aromatic carbocycles. The molecule has 1 fully saturated rings. The van der Waals surface area contributed by atoms with Crippen molar-refractivity contribution >= 4 is 5.91 Å². The molecule has 1 amide bonds. The summed E-state index contributed by atoms with van der Waals surface area (Å²) in [7, 11) is 0. The SMILES string of the molecule is NCCCC(=O)NCC1(c2cccc(C(F)(F)F)c2)CCOCC1. The van der Waals surface area contributed by atoms with E-state index in [1.54, 1.807) is 6.07 Å². The Morgan fingerprint density at radius 2 is 2.00 bits per heavy atom. The molecule has 1 heterocycles. The molecule has 0 spiro atoms. The first-order chi connectivity index (χ1) is 11.4. The molecule has 2 rings (SSSR count). The van der Waals surface area contributed by atoms with Gasteiger partial charge in [-0.25, -0.2) is 0 Å². The first kappa shape index (κ1) is 18.7. The van der Waals surface area contributed by atoms with Crippen molar-refractivity contribution in [3.8, 4) is 0 Å². The molecule has 1 aliphatic heterocycles. The maximum Gasteiger partial charge on any atom is 0.416 e. The molecule has 1 aliphatic rings. The normalized spacial score (nSPS) is 17.5. The Balaban J connectivity index is 2.20. The Kier molecular flexibility index (Phi) is 6.23. The third-order valence-electron chi connectivity index (χ3n) is 4.48. The number of benzene rings is 1. The van der Waals surface area contributed by atoms with Gasteiger partial charge >= 0.3 is 6.18 Å². The number of nitrogens with two attached hydrogens (primary N) is 1. The summed E-state index contributed by atoms with van der Waals surface area (Å²) in [6.45, 7) is 1.67. The van der Waals surface area contributed by atoms with E-state index in [4.69, 9.17) is 10.5 Å². The number of halogens is 3. The molecule has 1 aromatic rings. The largest absolute Gasteiger partial charge is 0.416 e. The maximum atomic E-state index is 13.0. The molecule has 0 aromatic heterocycles. The number of carbonyl (C=O) groups excluding carboxylic acids is 1. The lowest BCUT2D eigenvalue weighted by Gasteiger charge is -2.38. The molecule has 0 atom stereocenters. The molecule has 134 valence electrons. The highest BCUT2D eigenvalue weighted by Crippen LogP contribution is 2.37. The van der Waals surface area contributed by atoms with Crippen molar-refractivity contribution in [1.82, 2.24) is 5.32 Å². The number of alkyl halides is 3. The third-order valence-corrected chi connectivity index (χ3v) is 4.48. The molecule has 0 radical (unpaired) electrons. The summed E-state index contributed by atoms with van der Waals surface area (Å²) >= 11 is 0. The minimum Gasteiger partial charge on any atom is -0.381 e. The number of carbonyl (C=O) groups is 1. The molecular formula is C17H23F3N2O2. The second-order valence-corrected chi connectivity index (χ2v) is 6.14. The van der Waals surface area contributed by atoms with Crippen molar-refractivity contribution in [3.05, 3.63) is 35.4 Å². The van der Waals surface area contributed by atoms with Crippen LogP contribution in [0, 0.1) is 0 Å². The van der Waals surface area contributed by atoms with Gasteiger partial charge in [0, 0.05) is 31.6 Å². The second-order valence-electron chi connectivity index (χ2n) is 6.14. The molecule has 0 saturated carbocycles. The van der Waals surface area contributed by atoms with Crippen molar-refractivity contribution in [2.45, 2.75) is 37.3 Å². The van der Waals surface area contributed by atoms with Gasteiger partial charge in [0.1, 0.15) is 0 Å². The van der Waals surface area contributed by atoms with E-state index in [0.29, 0.717) is 57.6 Å². The van der Waals surface area contributed by atoms with Gasteiger partial charge < -0.3 is 15.8 Å². The lowest BCUT2D eigenvalue weighted by molar-refractivity contribution is -0.137. The Bertz CT molecular complexity index is 555. The first-order valence-corrected chi connectivity index (χ1v) is 8.10. The van der Waals surface area contributed by atoms with Gasteiger partial charge in [0.2, 0.25) is 5.91 Å². The Labute approximate surface area is 139 Å². The topological polar surface area (TPSA) is 64.4 Å². The predicted octanol–water partition coefficient (Wildman–Crippen LogP) is 2.61. The van der Waals surface area contributed by atoms with Crippen LogP contribution in [0.3, 0.4) is 0 Å². The molecule has 7 heteroatoms. The van der Waals surface area contributed by atoms with E-state index in [2.05, 4.69) is 5.32 Å². The zero-order valence-corrected chi connectivity index (χ0v) is 13.5. The lowest BCUT2D eigenvalue weighted by Crippen LogP contribution is -2.44. The maximum absolute atomic E-state index is 13.0. The highest BCUT2D eigenvalue weighted by Gasteiger charge is 2.37. The zero-order chi connectivity index (χ0) is 17.6. The molecule has 24 heavy (non-hydrogen) atoms. The zero-order valence-electron chi connectivity index (χ0n) is 13.5. The van der Waals surface area contributed by atoms with Crippen molar-refractivity contribution in [2.75, 3.05) is 26.3 Å². The summed E-state index contributed by atoms with van der Waals surface area (Å²) in [6.07, 6.45) is -2.32. The van der Waals surface area contributed by atoms with Crippen LogP contribution in [-0.4, -0.2) is 32.2 Å². The highest BCUT2D eigenvalue weighted by molar-refractivity contribution is 5.76. The van der Waals surface area contributed by atoms with Gasteiger partial charge in [0.15, 0.2) is 0 Å². The van der Waals surface area contributed by atoms with Crippen LogP contribution in [0.15, 0.2) is 24.3 Å². The fraction of sp³-hybridized carbons (Fsp3) is 0.588. The smallest absolute Gasteiger partial charge is 0.381 e. The van der Waals surface area contributed by atoms with E-state index >= 15 is 0 Å². The number of rotatable bonds is 6. The number of nitrogens with one attached hydrogen (secondary N) is 1. The summed E-state index contributed by atoms with van der Waals surface area (Å²) in [6, 6.07) is 5.38. The Hall–Kier alpha value is -1.60. The van der Waals surface area contributed by atoms with E-state index in [-0.39, 0.29) is 5.91 Å². The summed E-state index contributed by atoms with van der Waals surface area (Å²) in [5, 5.41) is 2.85. The van der Waals surface area contributed by atoms with E-state index in [0.717, 1.165) is 6.07 Å². The van der Waals surface area contributed by atoms with Crippen molar-refractivity contribution < 1.29 is 22.7 Å². The third kappa shape index (κ3) is 4.70. The minimum absolute atomic E-state index is 0.127. The number of hydrogen-bond acceptors (Lipinski definition) is 3. The van der Waals surface area contributed by atoms with Gasteiger partial charge in [0.05, 0.1) is 5.56 Å². The minimum atomic E-state index is -4.38. The molecule has 4 nitrogen and oxygen atoms in total. The fourth-order valence-electron chi connectivity index (χ4n) is 2.97. The van der Waals surface area contributed by atoms with Gasteiger partial charge in [0.25, 0.3) is 0 Å². The monoisotopic (exact) mass is 344 g/mol. The van der Waals surface area contributed by atoms with Crippen LogP contribution >= 0.6 is 0 Å². The van der Waals surface area contributed by atoms with E-state index in [1.807, 2.05) is 0 Å². The quantitative estimate of drug-likeness (QED) is 0.834. The van der Waals surface area contributed by atoms with Gasteiger partial charge in [-0.1, -0.05) is 18.2 Å². The number of hydrogen-bond donors (Lipinski definition) is 2. The average molecular weight is 344 g/mol. The van der Waals surface area contributed by atoms with Gasteiger partial charge in [-0.15, -0.1) is 0 Å². The summed E-state index contributed by atoms with van der Waals surface area (Å²) < 4.78 is 44.4. The lowest BCUT2D eigenvalue weighted by atomic mass is 9.73. The standard InChI is InChI=1S/C17H23F3N2O2/c18-17(19,20)14-4-1-3-13(11-14)16(6-9-24-10-7-16)12-22-15(23)5-2-8-21/h1,3-4,11H,2,5-10,12,21H2,(H,22,23). The van der Waals surface area contributed by atoms with Gasteiger partial charge in [-0.2, -0.15) is 13.2 Å². The average Bonchev–Trinajstić information content (AvgIpc) is 2.58. The van der Waals surface area contributed by atoms with Crippen LogP contribution in [0.4, 0.5) is 13.2 Å². The molecule has 1 saturated heterocycles. The van der Waals surface area contributed by atoms with E-state index < -0.39 is 17.2 Å². The highest BCUT2D eigenvalue weighted by atomic mass is 19.4. The summed E-state index contributed by atoms with van der Waals surface area (Å²) in [4.78, 5) is 11.9. The van der Waals surface area contributed by atoms with Gasteiger partial charge in [-0.05, 0) is 37.4 Å². The van der Waals surface area contributed by atoms with Crippen LogP contribution in [0.2, 0.25) is 0 Å². The molecule has 0 unspecified atom stereocenters. The molecule has 3 N–H and O–H groups in total. The van der Waals surface area contributed by atoms with Crippen LogP contribution in [0.25, 0.3) is 0 Å². The summed E-state index contributed by atoms with van der Waals surface area (Å²) in [5.74, 6) is -0.127. The Morgan fingerprint density at radius 1 is 1.29 bits per heavy atom. The van der Waals surface area contributed by atoms with Crippen molar-refractivity contribution in [2.24, 2.45) is 5.73 Å². The van der Waals surface area contributed by atoms with E-state index in [9.17, 15) is 18.0 Å². The first-order valence-electron chi connectivity index (χ1n) is 8.10. The number of ether oxygens (including phenoxy) is 1.